The number of para-hydroxylation sites is 1. The Morgan fingerprint density at radius 2 is 2.28 bits per heavy atom. The summed E-state index contributed by atoms with van der Waals surface area (Å²) in [7, 11) is 0. The number of nitriles is 1. The van der Waals surface area contributed by atoms with Crippen LogP contribution >= 0.6 is 11.8 Å². The molecule has 1 aromatic rings. The number of rotatable bonds is 4. The molecule has 0 bridgehead atoms. The van der Waals surface area contributed by atoms with Gasteiger partial charge in [-0.15, -0.1) is 11.8 Å². The zero-order chi connectivity index (χ0) is 13.0. The van der Waals surface area contributed by atoms with Crippen molar-refractivity contribution in [2.75, 3.05) is 5.75 Å². The summed E-state index contributed by atoms with van der Waals surface area (Å²) < 4.78 is -0.330. The molecule has 1 heterocycles. The molecule has 0 radical (unpaired) electrons. The third kappa shape index (κ3) is 2.65. The summed E-state index contributed by atoms with van der Waals surface area (Å²) in [6, 6.07) is 9.18. The van der Waals surface area contributed by atoms with Crippen LogP contribution < -0.4 is 0 Å². The highest BCUT2D eigenvalue weighted by Gasteiger charge is 2.34. The summed E-state index contributed by atoms with van der Waals surface area (Å²) in [5, 5.41) is 20.2. The van der Waals surface area contributed by atoms with Crippen LogP contribution in [-0.4, -0.2) is 15.4 Å². The summed E-state index contributed by atoms with van der Waals surface area (Å²) in [4.78, 5) is 10.6. The van der Waals surface area contributed by atoms with Crippen LogP contribution in [-0.2, 0) is 6.42 Å². The molecule has 0 saturated carbocycles. The van der Waals surface area contributed by atoms with Gasteiger partial charge in [-0.2, -0.15) is 5.26 Å². The van der Waals surface area contributed by atoms with E-state index < -0.39 is 0 Å². The van der Waals surface area contributed by atoms with E-state index in [4.69, 9.17) is 0 Å². The number of nitro groups is 1. The first kappa shape index (κ1) is 12.9. The topological polar surface area (TPSA) is 66.9 Å². The number of nitro benzene ring substituents is 1. The fourth-order valence-corrected chi connectivity index (χ4v) is 3.55. The fraction of sp³-hybridized carbons (Fsp3) is 0.462. The van der Waals surface area contributed by atoms with Crippen LogP contribution in [0.15, 0.2) is 24.3 Å². The number of hydrogen-bond acceptors (Lipinski definition) is 4. The first-order chi connectivity index (χ1) is 8.67. The van der Waals surface area contributed by atoms with E-state index in [1.807, 2.05) is 6.07 Å². The molecule has 2 rings (SSSR count). The smallest absolute Gasteiger partial charge is 0.258 e. The van der Waals surface area contributed by atoms with Gasteiger partial charge in [0.15, 0.2) is 0 Å². The molecular weight excluding hydrogens is 248 g/mol. The molecule has 1 saturated heterocycles. The van der Waals surface area contributed by atoms with Gasteiger partial charge in [-0.1, -0.05) is 18.2 Å². The van der Waals surface area contributed by atoms with E-state index in [1.165, 1.54) is 6.07 Å². The molecule has 0 aromatic heterocycles. The standard InChI is InChI=1S/C13H14N2O2S/c14-10-13(7-3-9-18-13)8-6-11-4-1-2-5-12(11)15(16)17/h1-2,4-5H,3,6-9H2. The highest BCUT2D eigenvalue weighted by atomic mass is 32.2. The molecule has 18 heavy (non-hydrogen) atoms. The van der Waals surface area contributed by atoms with Gasteiger partial charge in [0.25, 0.3) is 5.69 Å². The van der Waals surface area contributed by atoms with Crippen LogP contribution in [0.25, 0.3) is 0 Å². The normalized spacial score (nSPS) is 22.6. The third-order valence-corrected chi connectivity index (χ3v) is 4.84. The van der Waals surface area contributed by atoms with E-state index >= 15 is 0 Å². The lowest BCUT2D eigenvalue weighted by molar-refractivity contribution is -0.385. The highest BCUT2D eigenvalue weighted by molar-refractivity contribution is 8.01. The second-order valence-electron chi connectivity index (χ2n) is 4.44. The highest BCUT2D eigenvalue weighted by Crippen LogP contribution is 2.41. The van der Waals surface area contributed by atoms with E-state index in [9.17, 15) is 15.4 Å². The second kappa shape index (κ2) is 5.40. The minimum absolute atomic E-state index is 0.161. The van der Waals surface area contributed by atoms with Gasteiger partial charge < -0.3 is 0 Å². The molecule has 1 unspecified atom stereocenters. The predicted octanol–water partition coefficient (Wildman–Crippen LogP) is 3.32. The molecule has 0 spiro atoms. The van der Waals surface area contributed by atoms with Gasteiger partial charge in [0.1, 0.15) is 4.75 Å². The molecular formula is C13H14N2O2S. The Kier molecular flexibility index (Phi) is 3.87. The maximum absolute atomic E-state index is 10.9. The number of aryl methyl sites for hydroxylation is 1. The molecule has 4 nitrogen and oxygen atoms in total. The Hall–Kier alpha value is -1.54. The van der Waals surface area contributed by atoms with E-state index in [0.717, 1.165) is 24.2 Å². The molecule has 0 aliphatic carbocycles. The first-order valence-electron chi connectivity index (χ1n) is 5.94. The lowest BCUT2D eigenvalue weighted by Crippen LogP contribution is -2.19. The molecule has 1 fully saturated rings. The van der Waals surface area contributed by atoms with Crippen molar-refractivity contribution in [3.8, 4) is 6.07 Å². The lowest BCUT2D eigenvalue weighted by atomic mass is 9.95. The van der Waals surface area contributed by atoms with Crippen molar-refractivity contribution in [2.45, 2.75) is 30.4 Å². The van der Waals surface area contributed by atoms with Gasteiger partial charge in [-0.25, -0.2) is 0 Å². The molecule has 5 heteroatoms. The van der Waals surface area contributed by atoms with E-state index in [2.05, 4.69) is 6.07 Å². The van der Waals surface area contributed by atoms with Crippen molar-refractivity contribution in [3.05, 3.63) is 39.9 Å². The Balaban J connectivity index is 2.11. The van der Waals surface area contributed by atoms with Gasteiger partial charge in [-0.05, 0) is 31.4 Å². The molecule has 1 atom stereocenters. The minimum Gasteiger partial charge on any atom is -0.258 e. The Morgan fingerprint density at radius 3 is 2.89 bits per heavy atom. The monoisotopic (exact) mass is 262 g/mol. The van der Waals surface area contributed by atoms with Gasteiger partial charge in [0.2, 0.25) is 0 Å². The largest absolute Gasteiger partial charge is 0.272 e. The summed E-state index contributed by atoms with van der Waals surface area (Å²) in [5.41, 5.74) is 0.887. The molecule has 94 valence electrons. The molecule has 1 aliphatic heterocycles. The zero-order valence-electron chi connectivity index (χ0n) is 9.96. The predicted molar refractivity (Wildman–Crippen MR) is 71.5 cm³/mol. The zero-order valence-corrected chi connectivity index (χ0v) is 10.8. The van der Waals surface area contributed by atoms with Gasteiger partial charge in [0.05, 0.1) is 11.0 Å². The number of hydrogen-bond donors (Lipinski definition) is 0. The van der Waals surface area contributed by atoms with Crippen molar-refractivity contribution < 1.29 is 4.92 Å². The first-order valence-corrected chi connectivity index (χ1v) is 6.93. The quantitative estimate of drug-likeness (QED) is 0.616. The van der Waals surface area contributed by atoms with Crippen molar-refractivity contribution in [1.29, 1.82) is 5.26 Å². The third-order valence-electron chi connectivity index (χ3n) is 3.29. The van der Waals surface area contributed by atoms with Crippen molar-refractivity contribution in [3.63, 3.8) is 0 Å². The van der Waals surface area contributed by atoms with Crippen LogP contribution in [0.5, 0.6) is 0 Å². The fourth-order valence-electron chi connectivity index (χ4n) is 2.28. The van der Waals surface area contributed by atoms with Gasteiger partial charge in [-0.3, -0.25) is 10.1 Å². The average molecular weight is 262 g/mol. The van der Waals surface area contributed by atoms with E-state index in [0.29, 0.717) is 12.8 Å². The summed E-state index contributed by atoms with van der Waals surface area (Å²) in [6.45, 7) is 0. The SMILES string of the molecule is N#CC1(CCc2ccccc2[N+](=O)[O-])CCCS1. The van der Waals surface area contributed by atoms with Crippen molar-refractivity contribution in [1.82, 2.24) is 0 Å². The summed E-state index contributed by atoms with van der Waals surface area (Å²) in [6.07, 6.45) is 3.25. The summed E-state index contributed by atoms with van der Waals surface area (Å²) in [5.74, 6) is 1.02. The van der Waals surface area contributed by atoms with E-state index in [1.54, 1.807) is 23.9 Å². The van der Waals surface area contributed by atoms with Gasteiger partial charge in [0, 0.05) is 11.6 Å². The number of thioether (sulfide) groups is 1. The molecule has 0 amide bonds. The maximum Gasteiger partial charge on any atom is 0.272 e. The Morgan fingerprint density at radius 1 is 1.50 bits per heavy atom. The lowest BCUT2D eigenvalue weighted by Gasteiger charge is -2.18. The van der Waals surface area contributed by atoms with E-state index in [-0.39, 0.29) is 15.4 Å². The van der Waals surface area contributed by atoms with Crippen LogP contribution in [0, 0.1) is 21.4 Å². The Labute approximate surface area is 110 Å². The Bertz CT molecular complexity index is 490. The second-order valence-corrected chi connectivity index (χ2v) is 5.92. The average Bonchev–Trinajstić information content (AvgIpc) is 2.86. The maximum atomic E-state index is 10.9. The van der Waals surface area contributed by atoms with Crippen molar-refractivity contribution >= 4 is 17.4 Å². The number of benzene rings is 1. The van der Waals surface area contributed by atoms with Crippen LogP contribution in [0.2, 0.25) is 0 Å². The van der Waals surface area contributed by atoms with Crippen LogP contribution in [0.4, 0.5) is 5.69 Å². The van der Waals surface area contributed by atoms with Crippen molar-refractivity contribution in [2.24, 2.45) is 0 Å². The van der Waals surface area contributed by atoms with Crippen LogP contribution in [0.3, 0.4) is 0 Å². The summed E-state index contributed by atoms with van der Waals surface area (Å²) >= 11 is 1.69. The minimum atomic E-state index is -0.351. The number of nitrogens with zero attached hydrogens (tertiary/aromatic N) is 2. The molecule has 0 N–H and O–H groups in total. The molecule has 1 aliphatic rings. The molecule has 1 aromatic carbocycles. The van der Waals surface area contributed by atoms with Gasteiger partial charge >= 0.3 is 0 Å². The van der Waals surface area contributed by atoms with Crippen LogP contribution in [0.1, 0.15) is 24.8 Å².